The van der Waals surface area contributed by atoms with Gasteiger partial charge in [0.1, 0.15) is 5.01 Å². The number of aryl methyl sites for hydroxylation is 3. The lowest BCUT2D eigenvalue weighted by molar-refractivity contribution is 1.01. The third kappa shape index (κ3) is 5.28. The number of nitrogens with zero attached hydrogens (tertiary/aromatic N) is 2. The molecule has 0 amide bonds. The standard InChI is InChI=1S/C15H20N4S.HI/c1-4-12-5-7-13(8-6-12)19-15(16)17-9-14-18-10(2)11(3)20-14;/h5-8H,4,9H2,1-3H3,(H3,16,17,19);1H. The van der Waals surface area contributed by atoms with Gasteiger partial charge in [0, 0.05) is 10.6 Å². The molecule has 0 aliphatic rings. The summed E-state index contributed by atoms with van der Waals surface area (Å²) in [6.07, 6.45) is 1.03. The zero-order valence-electron chi connectivity index (χ0n) is 12.5. The molecule has 0 aliphatic carbocycles. The second-order valence-electron chi connectivity index (χ2n) is 4.63. The van der Waals surface area contributed by atoms with E-state index in [0.29, 0.717) is 12.5 Å². The molecular formula is C15H21IN4S. The van der Waals surface area contributed by atoms with E-state index in [1.807, 2.05) is 19.1 Å². The van der Waals surface area contributed by atoms with Gasteiger partial charge in [-0.25, -0.2) is 9.98 Å². The van der Waals surface area contributed by atoms with Crippen LogP contribution in [0.5, 0.6) is 0 Å². The zero-order valence-corrected chi connectivity index (χ0v) is 15.7. The molecule has 3 N–H and O–H groups in total. The van der Waals surface area contributed by atoms with Crippen LogP contribution in [0, 0.1) is 13.8 Å². The first-order valence-corrected chi connectivity index (χ1v) is 7.49. The number of anilines is 1. The topological polar surface area (TPSA) is 63.3 Å². The average Bonchev–Trinajstić information content (AvgIpc) is 2.76. The third-order valence-electron chi connectivity index (χ3n) is 3.09. The van der Waals surface area contributed by atoms with Gasteiger partial charge in [0.05, 0.1) is 12.2 Å². The Bertz CT molecular complexity index is 585. The van der Waals surface area contributed by atoms with E-state index in [2.05, 4.69) is 41.3 Å². The van der Waals surface area contributed by atoms with Gasteiger partial charge in [-0.3, -0.25) is 0 Å². The number of aliphatic imine (C=N–C) groups is 1. The number of halogens is 1. The molecule has 21 heavy (non-hydrogen) atoms. The van der Waals surface area contributed by atoms with Crippen LogP contribution in [0.3, 0.4) is 0 Å². The number of guanidine groups is 1. The summed E-state index contributed by atoms with van der Waals surface area (Å²) in [5, 5.41) is 4.08. The van der Waals surface area contributed by atoms with Gasteiger partial charge in [-0.1, -0.05) is 19.1 Å². The van der Waals surface area contributed by atoms with Crippen LogP contribution in [0.1, 0.15) is 28.1 Å². The minimum Gasteiger partial charge on any atom is -0.370 e. The lowest BCUT2D eigenvalue weighted by atomic mass is 10.1. The Morgan fingerprint density at radius 1 is 1.29 bits per heavy atom. The van der Waals surface area contributed by atoms with E-state index in [0.717, 1.165) is 22.8 Å². The fourth-order valence-corrected chi connectivity index (χ4v) is 2.63. The molecular weight excluding hydrogens is 395 g/mol. The number of nitrogens with two attached hydrogens (primary N) is 1. The molecule has 6 heteroatoms. The average molecular weight is 416 g/mol. The molecule has 1 aromatic carbocycles. The number of hydrogen-bond acceptors (Lipinski definition) is 3. The van der Waals surface area contributed by atoms with Crippen LogP contribution in [0.2, 0.25) is 0 Å². The van der Waals surface area contributed by atoms with Crippen molar-refractivity contribution in [3.63, 3.8) is 0 Å². The minimum atomic E-state index is 0. The van der Waals surface area contributed by atoms with Crippen LogP contribution >= 0.6 is 35.3 Å². The molecule has 0 spiro atoms. The van der Waals surface area contributed by atoms with Gasteiger partial charge in [-0.15, -0.1) is 35.3 Å². The van der Waals surface area contributed by atoms with Gasteiger partial charge >= 0.3 is 0 Å². The van der Waals surface area contributed by atoms with E-state index in [1.165, 1.54) is 10.4 Å². The first-order valence-electron chi connectivity index (χ1n) is 6.67. The summed E-state index contributed by atoms with van der Waals surface area (Å²) in [6, 6.07) is 8.20. The number of rotatable bonds is 4. The summed E-state index contributed by atoms with van der Waals surface area (Å²) >= 11 is 1.67. The zero-order chi connectivity index (χ0) is 14.5. The summed E-state index contributed by atoms with van der Waals surface area (Å²) < 4.78 is 0. The molecule has 4 nitrogen and oxygen atoms in total. The van der Waals surface area contributed by atoms with E-state index in [9.17, 15) is 0 Å². The first-order chi connectivity index (χ1) is 9.58. The summed E-state index contributed by atoms with van der Waals surface area (Å²) in [4.78, 5) is 9.99. The van der Waals surface area contributed by atoms with Crippen LogP contribution in [-0.2, 0) is 13.0 Å². The maximum absolute atomic E-state index is 5.88. The Kier molecular flexibility index (Phi) is 7.10. The molecule has 0 radical (unpaired) electrons. The van der Waals surface area contributed by atoms with Crippen molar-refractivity contribution in [3.05, 3.63) is 45.4 Å². The van der Waals surface area contributed by atoms with Gasteiger partial charge < -0.3 is 11.1 Å². The molecule has 0 fully saturated rings. The first kappa shape index (κ1) is 17.9. The molecule has 114 valence electrons. The summed E-state index contributed by atoms with van der Waals surface area (Å²) in [6.45, 7) is 6.73. The number of nitrogens with one attached hydrogen (secondary N) is 1. The Labute approximate surface area is 146 Å². The van der Waals surface area contributed by atoms with E-state index >= 15 is 0 Å². The lowest BCUT2D eigenvalue weighted by Gasteiger charge is -2.05. The van der Waals surface area contributed by atoms with Crippen molar-refractivity contribution in [2.75, 3.05) is 5.32 Å². The van der Waals surface area contributed by atoms with Gasteiger partial charge in [-0.2, -0.15) is 0 Å². The maximum Gasteiger partial charge on any atom is 0.193 e. The molecule has 0 saturated heterocycles. The van der Waals surface area contributed by atoms with Gasteiger partial charge in [0.2, 0.25) is 0 Å². The highest BCUT2D eigenvalue weighted by atomic mass is 127. The third-order valence-corrected chi connectivity index (χ3v) is 4.15. The Morgan fingerprint density at radius 2 is 1.95 bits per heavy atom. The highest BCUT2D eigenvalue weighted by molar-refractivity contribution is 14.0. The summed E-state index contributed by atoms with van der Waals surface area (Å²) in [7, 11) is 0. The SMILES string of the molecule is CCc1ccc(NC(N)=NCc2nc(C)c(C)s2)cc1.I. The number of aromatic nitrogens is 1. The molecule has 0 atom stereocenters. The van der Waals surface area contributed by atoms with Crippen LogP contribution < -0.4 is 11.1 Å². The smallest absolute Gasteiger partial charge is 0.193 e. The highest BCUT2D eigenvalue weighted by Gasteiger charge is 2.03. The Morgan fingerprint density at radius 3 is 2.48 bits per heavy atom. The van der Waals surface area contributed by atoms with Crippen molar-refractivity contribution in [2.45, 2.75) is 33.7 Å². The number of thiazole rings is 1. The van der Waals surface area contributed by atoms with Crippen molar-refractivity contribution < 1.29 is 0 Å². The quantitative estimate of drug-likeness (QED) is 0.452. The maximum atomic E-state index is 5.88. The molecule has 0 saturated carbocycles. The second-order valence-corrected chi connectivity index (χ2v) is 5.91. The largest absolute Gasteiger partial charge is 0.370 e. The Hall–Kier alpha value is -1.15. The summed E-state index contributed by atoms with van der Waals surface area (Å²) in [5.41, 5.74) is 9.21. The van der Waals surface area contributed by atoms with Crippen molar-refractivity contribution in [2.24, 2.45) is 10.7 Å². The van der Waals surface area contributed by atoms with Crippen LogP contribution in [0.25, 0.3) is 0 Å². The van der Waals surface area contributed by atoms with Crippen molar-refractivity contribution in [3.8, 4) is 0 Å². The van der Waals surface area contributed by atoms with Crippen LogP contribution in [0.4, 0.5) is 5.69 Å². The lowest BCUT2D eigenvalue weighted by Crippen LogP contribution is -2.22. The molecule has 2 aromatic rings. The minimum absolute atomic E-state index is 0. The molecule has 0 aliphatic heterocycles. The monoisotopic (exact) mass is 416 g/mol. The molecule has 2 rings (SSSR count). The molecule has 1 heterocycles. The van der Waals surface area contributed by atoms with Crippen molar-refractivity contribution in [1.29, 1.82) is 0 Å². The van der Waals surface area contributed by atoms with Gasteiger partial charge in [0.15, 0.2) is 5.96 Å². The van der Waals surface area contributed by atoms with E-state index in [1.54, 1.807) is 11.3 Å². The van der Waals surface area contributed by atoms with E-state index in [-0.39, 0.29) is 24.0 Å². The summed E-state index contributed by atoms with van der Waals surface area (Å²) in [5.74, 6) is 0.416. The van der Waals surface area contributed by atoms with Crippen molar-refractivity contribution >= 4 is 47.0 Å². The fraction of sp³-hybridized carbons (Fsp3) is 0.333. The molecule has 0 unspecified atom stereocenters. The van der Waals surface area contributed by atoms with Crippen molar-refractivity contribution in [1.82, 2.24) is 4.98 Å². The molecule has 1 aromatic heterocycles. The Balaban J connectivity index is 0.00000220. The highest BCUT2D eigenvalue weighted by Crippen LogP contribution is 2.17. The number of benzene rings is 1. The number of hydrogen-bond donors (Lipinski definition) is 2. The fourth-order valence-electron chi connectivity index (χ4n) is 1.77. The normalized spacial score (nSPS) is 11.1. The van der Waals surface area contributed by atoms with E-state index in [4.69, 9.17) is 5.73 Å². The predicted molar refractivity (Wildman–Crippen MR) is 102 cm³/mol. The van der Waals surface area contributed by atoms with Gasteiger partial charge in [-0.05, 0) is 38.0 Å². The van der Waals surface area contributed by atoms with E-state index < -0.39 is 0 Å². The molecule has 0 bridgehead atoms. The predicted octanol–water partition coefficient (Wildman–Crippen LogP) is 3.87. The van der Waals surface area contributed by atoms with Crippen LogP contribution in [0.15, 0.2) is 29.3 Å². The van der Waals surface area contributed by atoms with Gasteiger partial charge in [0.25, 0.3) is 0 Å². The van der Waals surface area contributed by atoms with Crippen LogP contribution in [-0.4, -0.2) is 10.9 Å². The second kappa shape index (κ2) is 8.33.